The summed E-state index contributed by atoms with van der Waals surface area (Å²) in [6.45, 7) is 0.732. The van der Waals surface area contributed by atoms with Gasteiger partial charge in [-0.2, -0.15) is 0 Å². The first-order chi connectivity index (χ1) is 11.1. The second-order valence-electron chi connectivity index (χ2n) is 5.23. The van der Waals surface area contributed by atoms with Crippen molar-refractivity contribution in [1.29, 1.82) is 0 Å². The molecular formula is C18H16O5. The molecule has 0 atom stereocenters. The summed E-state index contributed by atoms with van der Waals surface area (Å²) in [5, 5.41) is 9.92. The van der Waals surface area contributed by atoms with Gasteiger partial charge in [0.1, 0.15) is 13.2 Å². The van der Waals surface area contributed by atoms with Gasteiger partial charge in [0.2, 0.25) is 5.75 Å². The van der Waals surface area contributed by atoms with Gasteiger partial charge in [0.15, 0.2) is 23.1 Å². The van der Waals surface area contributed by atoms with Crippen molar-refractivity contribution < 1.29 is 24.2 Å². The van der Waals surface area contributed by atoms with Crippen molar-refractivity contribution in [3.63, 3.8) is 0 Å². The van der Waals surface area contributed by atoms with Crippen molar-refractivity contribution >= 4 is 11.6 Å². The maximum Gasteiger partial charge on any atom is 0.203 e. The molecule has 0 unspecified atom stereocenters. The van der Waals surface area contributed by atoms with Gasteiger partial charge in [0, 0.05) is 24.0 Å². The van der Waals surface area contributed by atoms with Crippen LogP contribution in [0.15, 0.2) is 42.5 Å². The lowest BCUT2D eigenvalue weighted by Gasteiger charge is -2.19. The molecule has 0 bridgehead atoms. The van der Waals surface area contributed by atoms with Crippen LogP contribution in [0.5, 0.6) is 17.2 Å². The number of hydrogen-bond acceptors (Lipinski definition) is 5. The Balaban J connectivity index is 1.69. The number of carbonyl (C=O) groups excluding carboxylic acids is 2. The number of ketones is 2. The van der Waals surface area contributed by atoms with Crippen LogP contribution in [-0.2, 0) is 0 Å². The molecule has 0 fully saturated rings. The van der Waals surface area contributed by atoms with Crippen LogP contribution in [0.2, 0.25) is 0 Å². The van der Waals surface area contributed by atoms with Gasteiger partial charge < -0.3 is 14.6 Å². The van der Waals surface area contributed by atoms with Crippen LogP contribution in [0.4, 0.5) is 0 Å². The van der Waals surface area contributed by atoms with Crippen molar-refractivity contribution in [2.75, 3.05) is 13.2 Å². The second kappa shape index (κ2) is 6.52. The predicted molar refractivity (Wildman–Crippen MR) is 83.4 cm³/mol. The van der Waals surface area contributed by atoms with Gasteiger partial charge in [-0.25, -0.2) is 0 Å². The third kappa shape index (κ3) is 3.34. The Bertz CT molecular complexity index is 737. The van der Waals surface area contributed by atoms with Crippen LogP contribution in [0.1, 0.15) is 33.6 Å². The molecule has 0 saturated heterocycles. The summed E-state index contributed by atoms with van der Waals surface area (Å²) in [7, 11) is 0. The lowest BCUT2D eigenvalue weighted by Crippen LogP contribution is -2.16. The molecule has 0 aliphatic carbocycles. The summed E-state index contributed by atoms with van der Waals surface area (Å²) in [6.07, 6.45) is 0.199. The smallest absolute Gasteiger partial charge is 0.203 e. The van der Waals surface area contributed by atoms with E-state index in [2.05, 4.69) is 0 Å². The number of fused-ring (bicyclic) bond motifs is 1. The molecule has 1 N–H and O–H groups in total. The predicted octanol–water partition coefficient (Wildman–Crippen LogP) is 3.01. The fourth-order valence-electron chi connectivity index (χ4n) is 2.44. The van der Waals surface area contributed by atoms with Crippen LogP contribution in [0.3, 0.4) is 0 Å². The molecule has 2 aromatic carbocycles. The lowest BCUT2D eigenvalue weighted by atomic mass is 10.0. The maximum absolute atomic E-state index is 12.3. The molecule has 0 aromatic heterocycles. The number of Topliss-reactive ketones (excluding diaryl/α,β-unsaturated/α-hetero) is 2. The normalized spacial score (nSPS) is 12.7. The van der Waals surface area contributed by atoms with E-state index in [-0.39, 0.29) is 35.9 Å². The van der Waals surface area contributed by atoms with Crippen molar-refractivity contribution in [1.82, 2.24) is 0 Å². The molecule has 5 nitrogen and oxygen atoms in total. The largest absolute Gasteiger partial charge is 0.504 e. The number of rotatable bonds is 5. The number of phenols is 1. The number of ether oxygens (including phenoxy) is 2. The standard InChI is InChI=1S/C18H16O5/c19-14(12-4-2-1-3-5-12)6-7-15(20)13-10-16(21)18-17(11-13)22-8-9-23-18/h1-5,10-11,21H,6-9H2. The second-order valence-corrected chi connectivity index (χ2v) is 5.23. The minimum Gasteiger partial charge on any atom is -0.504 e. The highest BCUT2D eigenvalue weighted by molar-refractivity contribution is 6.02. The van der Waals surface area contributed by atoms with Crippen LogP contribution >= 0.6 is 0 Å². The number of phenolic OH excluding ortho intramolecular Hbond substituents is 1. The summed E-state index contributed by atoms with van der Waals surface area (Å²) in [5.41, 5.74) is 0.901. The third-order valence-corrected chi connectivity index (χ3v) is 3.62. The molecule has 23 heavy (non-hydrogen) atoms. The highest BCUT2D eigenvalue weighted by Gasteiger charge is 2.20. The minimum atomic E-state index is -0.221. The summed E-state index contributed by atoms with van der Waals surface area (Å²) >= 11 is 0. The average Bonchev–Trinajstić information content (AvgIpc) is 2.60. The summed E-state index contributed by atoms with van der Waals surface area (Å²) in [4.78, 5) is 24.3. The van der Waals surface area contributed by atoms with E-state index in [1.54, 1.807) is 30.3 Å². The van der Waals surface area contributed by atoms with Crippen LogP contribution in [-0.4, -0.2) is 29.9 Å². The lowest BCUT2D eigenvalue weighted by molar-refractivity contribution is 0.0916. The molecule has 3 rings (SSSR count). The summed E-state index contributed by atoms with van der Waals surface area (Å²) < 4.78 is 10.7. The van der Waals surface area contributed by atoms with E-state index in [9.17, 15) is 14.7 Å². The third-order valence-electron chi connectivity index (χ3n) is 3.62. The van der Waals surface area contributed by atoms with E-state index < -0.39 is 0 Å². The Kier molecular flexibility index (Phi) is 4.28. The van der Waals surface area contributed by atoms with E-state index in [0.717, 1.165) is 0 Å². The first-order valence-electron chi connectivity index (χ1n) is 7.39. The number of hydrogen-bond donors (Lipinski definition) is 1. The SMILES string of the molecule is O=C(CCC(=O)c1cc(O)c2c(c1)OCCO2)c1ccccc1. The molecular weight excluding hydrogens is 296 g/mol. The van der Waals surface area contributed by atoms with E-state index in [1.165, 1.54) is 6.07 Å². The topological polar surface area (TPSA) is 72.8 Å². The zero-order chi connectivity index (χ0) is 16.2. The Morgan fingerprint density at radius 1 is 0.913 bits per heavy atom. The van der Waals surface area contributed by atoms with Crippen molar-refractivity contribution in [3.05, 3.63) is 53.6 Å². The van der Waals surface area contributed by atoms with Gasteiger partial charge in [-0.1, -0.05) is 30.3 Å². The molecule has 0 radical (unpaired) electrons. The van der Waals surface area contributed by atoms with Gasteiger partial charge in [-0.3, -0.25) is 9.59 Å². The van der Waals surface area contributed by atoms with Gasteiger partial charge in [0.05, 0.1) is 0 Å². The fourth-order valence-corrected chi connectivity index (χ4v) is 2.44. The number of aromatic hydroxyl groups is 1. The molecule has 5 heteroatoms. The minimum absolute atomic E-state index is 0.0762. The molecule has 0 spiro atoms. The number of carbonyl (C=O) groups is 2. The van der Waals surface area contributed by atoms with E-state index in [0.29, 0.717) is 30.1 Å². The van der Waals surface area contributed by atoms with Crippen LogP contribution in [0, 0.1) is 0 Å². The Morgan fingerprint density at radius 2 is 1.57 bits per heavy atom. The van der Waals surface area contributed by atoms with Crippen LogP contribution < -0.4 is 9.47 Å². The highest BCUT2D eigenvalue weighted by atomic mass is 16.6. The van der Waals surface area contributed by atoms with Gasteiger partial charge in [-0.15, -0.1) is 0 Å². The zero-order valence-electron chi connectivity index (χ0n) is 12.5. The van der Waals surface area contributed by atoms with E-state index in [1.807, 2.05) is 6.07 Å². The monoisotopic (exact) mass is 312 g/mol. The Hall–Kier alpha value is -2.82. The van der Waals surface area contributed by atoms with Gasteiger partial charge >= 0.3 is 0 Å². The molecule has 2 aromatic rings. The number of benzene rings is 2. The first-order valence-corrected chi connectivity index (χ1v) is 7.39. The van der Waals surface area contributed by atoms with Gasteiger partial charge in [0.25, 0.3) is 0 Å². The summed E-state index contributed by atoms with van der Waals surface area (Å²) in [6, 6.07) is 11.7. The Labute approximate surface area is 133 Å². The average molecular weight is 312 g/mol. The molecule has 0 saturated carbocycles. The molecule has 1 heterocycles. The van der Waals surface area contributed by atoms with Crippen molar-refractivity contribution in [2.45, 2.75) is 12.8 Å². The van der Waals surface area contributed by atoms with Crippen molar-refractivity contribution in [2.24, 2.45) is 0 Å². The highest BCUT2D eigenvalue weighted by Crippen LogP contribution is 2.39. The molecule has 1 aliphatic rings. The quantitative estimate of drug-likeness (QED) is 0.859. The first kappa shape index (κ1) is 15.1. The van der Waals surface area contributed by atoms with Gasteiger partial charge in [-0.05, 0) is 12.1 Å². The Morgan fingerprint density at radius 3 is 2.30 bits per heavy atom. The molecule has 0 amide bonds. The van der Waals surface area contributed by atoms with E-state index >= 15 is 0 Å². The van der Waals surface area contributed by atoms with Crippen LogP contribution in [0.25, 0.3) is 0 Å². The van der Waals surface area contributed by atoms with Crippen molar-refractivity contribution in [3.8, 4) is 17.2 Å². The summed E-state index contributed by atoms with van der Waals surface area (Å²) in [5.74, 6) is 0.185. The maximum atomic E-state index is 12.3. The van der Waals surface area contributed by atoms with E-state index in [4.69, 9.17) is 9.47 Å². The molecule has 1 aliphatic heterocycles. The zero-order valence-corrected chi connectivity index (χ0v) is 12.5. The fraction of sp³-hybridized carbons (Fsp3) is 0.222. The molecule has 118 valence electrons.